The molecule has 0 heterocycles. The summed E-state index contributed by atoms with van der Waals surface area (Å²) in [4.78, 5) is 40.4. The van der Waals surface area contributed by atoms with Crippen molar-refractivity contribution in [2.45, 2.75) is 222 Å². The van der Waals surface area contributed by atoms with E-state index in [0.717, 1.165) is 51.4 Å². The third-order valence-electron chi connectivity index (χ3n) is 17.5. The minimum atomic E-state index is -1.56. The minimum Gasteiger partial charge on any atom is -0.481 e. The summed E-state index contributed by atoms with van der Waals surface area (Å²) in [7, 11) is 0. The van der Waals surface area contributed by atoms with Gasteiger partial charge in [-0.05, 0) is 104 Å². The minimum absolute atomic E-state index is 0.0155. The van der Waals surface area contributed by atoms with E-state index in [1.165, 1.54) is 82.6 Å². The lowest BCUT2D eigenvalue weighted by atomic mass is 9.33. The molecule has 0 radical (unpaired) electrons. The number of hydrogen-bond acceptors (Lipinski definition) is 5. The molecule has 0 aliphatic heterocycles. The van der Waals surface area contributed by atoms with Gasteiger partial charge in [0.2, 0.25) is 5.79 Å². The molecular formula is C48H80O6. The SMILES string of the molecule is CCCCCCCCCCCCCCCCCC(=O)O[C@]1(O)CC[C@@]2(C)C(CC[C@]3(C)[C@@H]2C(=O)C=C2[C@H]4C[C@@](C)(C(=O)O)CC[C@]4(C)CC[C@]23C)C1(C)C. The number of hydrogen-bond donors (Lipinski definition) is 2. The fourth-order valence-electron chi connectivity index (χ4n) is 13.4. The first-order valence-corrected chi connectivity index (χ1v) is 22.8. The van der Waals surface area contributed by atoms with Crippen molar-refractivity contribution in [2.75, 3.05) is 0 Å². The molecule has 0 aromatic rings. The number of carboxylic acid groups (broad SMARTS) is 1. The third kappa shape index (κ3) is 7.92. The lowest BCUT2D eigenvalue weighted by molar-refractivity contribution is -0.315. The molecule has 6 nitrogen and oxygen atoms in total. The number of allylic oxidation sites excluding steroid dienone is 2. The molecule has 5 rings (SSSR count). The number of unbranched alkanes of at least 4 members (excludes halogenated alkanes) is 14. The Morgan fingerprint density at radius 1 is 0.722 bits per heavy atom. The van der Waals surface area contributed by atoms with Gasteiger partial charge in [0.15, 0.2) is 5.78 Å². The number of esters is 1. The summed E-state index contributed by atoms with van der Waals surface area (Å²) in [6.07, 6.45) is 28.4. The van der Waals surface area contributed by atoms with Crippen LogP contribution in [0.1, 0.15) is 216 Å². The number of carboxylic acids is 1. The van der Waals surface area contributed by atoms with Gasteiger partial charge in [0.05, 0.1) is 5.41 Å². The molecule has 5 aliphatic carbocycles. The number of ether oxygens (including phenoxy) is 1. The van der Waals surface area contributed by atoms with Crippen LogP contribution < -0.4 is 0 Å². The van der Waals surface area contributed by atoms with Crippen molar-refractivity contribution in [3.8, 4) is 0 Å². The zero-order valence-corrected chi connectivity index (χ0v) is 36.0. The van der Waals surface area contributed by atoms with Gasteiger partial charge in [-0.1, -0.05) is 144 Å². The first-order chi connectivity index (χ1) is 25.3. The highest BCUT2D eigenvalue weighted by atomic mass is 16.7. The summed E-state index contributed by atoms with van der Waals surface area (Å²) in [6.45, 7) is 17.7. The highest BCUT2D eigenvalue weighted by Crippen LogP contribution is 2.75. The van der Waals surface area contributed by atoms with Gasteiger partial charge in [-0.3, -0.25) is 14.4 Å². The second-order valence-corrected chi connectivity index (χ2v) is 21.2. The van der Waals surface area contributed by atoms with E-state index in [-0.39, 0.29) is 51.2 Å². The van der Waals surface area contributed by atoms with Crippen molar-refractivity contribution in [3.05, 3.63) is 11.6 Å². The number of fused-ring (bicyclic) bond motifs is 7. The van der Waals surface area contributed by atoms with E-state index in [1.54, 1.807) is 0 Å². The molecule has 0 saturated heterocycles. The Balaban J connectivity index is 1.15. The van der Waals surface area contributed by atoms with Gasteiger partial charge in [0.1, 0.15) is 0 Å². The van der Waals surface area contributed by atoms with Crippen LogP contribution in [0.2, 0.25) is 0 Å². The molecule has 1 unspecified atom stereocenters. The predicted octanol–water partition coefficient (Wildman–Crippen LogP) is 12.5. The molecule has 308 valence electrons. The van der Waals surface area contributed by atoms with Crippen LogP contribution in [0.5, 0.6) is 0 Å². The monoisotopic (exact) mass is 753 g/mol. The first kappa shape index (κ1) is 43.4. The number of aliphatic hydroxyl groups is 1. The van der Waals surface area contributed by atoms with E-state index in [9.17, 15) is 24.6 Å². The summed E-state index contributed by atoms with van der Waals surface area (Å²) in [6, 6.07) is 0. The van der Waals surface area contributed by atoms with Crippen molar-refractivity contribution < 1.29 is 29.3 Å². The molecule has 5 aliphatic rings. The van der Waals surface area contributed by atoms with Crippen molar-refractivity contribution >= 4 is 17.7 Å². The lowest BCUT2D eigenvalue weighted by Gasteiger charge is -2.71. The maximum absolute atomic E-state index is 14.7. The Labute approximate surface area is 329 Å². The molecule has 0 aromatic carbocycles. The van der Waals surface area contributed by atoms with Gasteiger partial charge in [-0.2, -0.15) is 0 Å². The van der Waals surface area contributed by atoms with Gasteiger partial charge >= 0.3 is 11.9 Å². The molecule has 0 spiro atoms. The highest BCUT2D eigenvalue weighted by Gasteiger charge is 2.72. The van der Waals surface area contributed by atoms with Crippen LogP contribution in [-0.4, -0.2) is 33.7 Å². The Kier molecular flexibility index (Phi) is 13.4. The van der Waals surface area contributed by atoms with E-state index in [2.05, 4.69) is 48.5 Å². The smallest absolute Gasteiger partial charge is 0.309 e. The number of aliphatic carboxylic acids is 1. The molecule has 0 aromatic heterocycles. The second-order valence-electron chi connectivity index (χ2n) is 21.2. The molecule has 9 atom stereocenters. The van der Waals surface area contributed by atoms with Gasteiger partial charge in [-0.25, -0.2) is 0 Å². The molecule has 54 heavy (non-hydrogen) atoms. The van der Waals surface area contributed by atoms with Crippen LogP contribution in [0.4, 0.5) is 0 Å². The number of carbonyl (C=O) groups excluding carboxylic acids is 2. The van der Waals surface area contributed by atoms with Crippen LogP contribution >= 0.6 is 0 Å². The van der Waals surface area contributed by atoms with Crippen molar-refractivity contribution in [2.24, 2.45) is 50.2 Å². The standard InChI is InChI=1S/C48H80O6/c1-9-10-11-12-13-14-15-16-17-18-19-20-21-22-23-24-39(50)54-48(53)32-30-45(6)38(42(48,2)3)25-26-47(8)40(45)37(49)33-35-36-34-44(5,41(51)52)28-27-43(36,4)29-31-46(35,47)7/h33,36,38,40,53H,9-32,34H2,1-8H3,(H,51,52)/t36-,38?,40-,43-,44+,45+,46-,47-,48-/m1/s1. The normalized spacial score (nSPS) is 39.8. The average molecular weight is 753 g/mol. The van der Waals surface area contributed by atoms with Crippen LogP contribution in [0, 0.1) is 50.2 Å². The summed E-state index contributed by atoms with van der Waals surface area (Å²) >= 11 is 0. The summed E-state index contributed by atoms with van der Waals surface area (Å²) in [5.41, 5.74) is -1.07. The van der Waals surface area contributed by atoms with Gasteiger partial charge in [0.25, 0.3) is 0 Å². The predicted molar refractivity (Wildman–Crippen MR) is 218 cm³/mol. The highest BCUT2D eigenvalue weighted by molar-refractivity contribution is 5.95. The molecule has 4 saturated carbocycles. The van der Waals surface area contributed by atoms with Crippen molar-refractivity contribution in [1.82, 2.24) is 0 Å². The van der Waals surface area contributed by atoms with E-state index in [4.69, 9.17) is 4.74 Å². The van der Waals surface area contributed by atoms with E-state index in [0.29, 0.717) is 32.1 Å². The van der Waals surface area contributed by atoms with Crippen molar-refractivity contribution in [1.29, 1.82) is 0 Å². The fraction of sp³-hybridized carbons (Fsp3) is 0.896. The largest absolute Gasteiger partial charge is 0.481 e. The van der Waals surface area contributed by atoms with Crippen LogP contribution in [0.3, 0.4) is 0 Å². The Hall–Kier alpha value is -1.69. The first-order valence-electron chi connectivity index (χ1n) is 22.8. The molecule has 6 heteroatoms. The van der Waals surface area contributed by atoms with E-state index in [1.807, 2.05) is 13.0 Å². The zero-order chi connectivity index (χ0) is 39.6. The Bertz CT molecular complexity index is 1380. The fourth-order valence-corrected chi connectivity index (χ4v) is 13.4. The third-order valence-corrected chi connectivity index (χ3v) is 17.5. The molecule has 2 N–H and O–H groups in total. The van der Waals surface area contributed by atoms with Gasteiger partial charge in [-0.15, -0.1) is 0 Å². The number of rotatable bonds is 18. The van der Waals surface area contributed by atoms with E-state index < -0.39 is 22.6 Å². The molecule has 0 bridgehead atoms. The zero-order valence-electron chi connectivity index (χ0n) is 36.0. The van der Waals surface area contributed by atoms with Crippen molar-refractivity contribution in [3.63, 3.8) is 0 Å². The molecule has 0 amide bonds. The second kappa shape index (κ2) is 16.7. The quantitative estimate of drug-likeness (QED) is 0.0821. The summed E-state index contributed by atoms with van der Waals surface area (Å²) in [5.74, 6) is -2.48. The van der Waals surface area contributed by atoms with Gasteiger partial charge in [0, 0.05) is 24.2 Å². The van der Waals surface area contributed by atoms with Crippen LogP contribution in [0.15, 0.2) is 11.6 Å². The lowest BCUT2D eigenvalue weighted by Crippen LogP contribution is -2.69. The maximum Gasteiger partial charge on any atom is 0.309 e. The molecular weight excluding hydrogens is 673 g/mol. The number of carbonyl (C=O) groups is 3. The summed E-state index contributed by atoms with van der Waals surface area (Å²) < 4.78 is 6.08. The maximum atomic E-state index is 14.7. The Morgan fingerprint density at radius 2 is 1.26 bits per heavy atom. The van der Waals surface area contributed by atoms with Crippen LogP contribution in [-0.2, 0) is 19.1 Å². The Morgan fingerprint density at radius 3 is 1.81 bits per heavy atom. The number of ketones is 1. The molecule has 4 fully saturated rings. The topological polar surface area (TPSA) is 101 Å². The summed E-state index contributed by atoms with van der Waals surface area (Å²) in [5, 5.41) is 22.4. The van der Waals surface area contributed by atoms with Crippen LogP contribution in [0.25, 0.3) is 0 Å². The van der Waals surface area contributed by atoms with Gasteiger partial charge < -0.3 is 14.9 Å². The average Bonchev–Trinajstić information content (AvgIpc) is 3.10. The van der Waals surface area contributed by atoms with E-state index >= 15 is 0 Å².